The van der Waals surface area contributed by atoms with Gasteiger partial charge in [0.1, 0.15) is 6.23 Å². The zero-order valence-corrected chi connectivity index (χ0v) is 13.7. The fourth-order valence-electron chi connectivity index (χ4n) is 2.22. The molecule has 2 atom stereocenters. The second-order valence-corrected chi connectivity index (χ2v) is 6.34. The molecule has 120 valence electrons. The summed E-state index contributed by atoms with van der Waals surface area (Å²) >= 11 is 0. The zero-order valence-electron chi connectivity index (χ0n) is 13.7. The minimum atomic E-state index is -0.578. The van der Waals surface area contributed by atoms with E-state index >= 15 is 0 Å². The molecule has 0 aromatic heterocycles. The van der Waals surface area contributed by atoms with Gasteiger partial charge in [-0.3, -0.25) is 0 Å². The summed E-state index contributed by atoms with van der Waals surface area (Å²) in [7, 11) is 0. The van der Waals surface area contributed by atoms with Crippen LogP contribution in [0, 0.1) is 11.8 Å². The third kappa shape index (κ3) is 4.34. The zero-order chi connectivity index (χ0) is 16.1. The van der Waals surface area contributed by atoms with E-state index in [9.17, 15) is 4.79 Å². The lowest BCUT2D eigenvalue weighted by Gasteiger charge is -2.28. The minimum Gasteiger partial charge on any atom is -0.463 e. The Morgan fingerprint density at radius 3 is 2.64 bits per heavy atom. The van der Waals surface area contributed by atoms with Gasteiger partial charge in [0.2, 0.25) is 0 Å². The highest BCUT2D eigenvalue weighted by Gasteiger charge is 2.28. The largest absolute Gasteiger partial charge is 0.463 e. The molecule has 0 amide bonds. The molecule has 1 aromatic carbocycles. The van der Waals surface area contributed by atoms with E-state index in [2.05, 4.69) is 5.32 Å². The predicted molar refractivity (Wildman–Crippen MR) is 88.4 cm³/mol. The minimum absolute atomic E-state index is 0.0482. The summed E-state index contributed by atoms with van der Waals surface area (Å²) in [5, 5.41) is 3.29. The Morgan fingerprint density at radius 2 is 1.95 bits per heavy atom. The number of benzene rings is 1. The highest BCUT2D eigenvalue weighted by Crippen LogP contribution is 2.24. The van der Waals surface area contributed by atoms with Crippen molar-refractivity contribution in [2.75, 3.05) is 11.9 Å². The van der Waals surface area contributed by atoms with Crippen LogP contribution in [0.1, 0.15) is 33.3 Å². The molecule has 1 aromatic rings. The van der Waals surface area contributed by atoms with Gasteiger partial charge in [0, 0.05) is 5.69 Å². The van der Waals surface area contributed by atoms with Crippen LogP contribution in [0.5, 0.6) is 0 Å². The molecule has 2 rings (SSSR count). The van der Waals surface area contributed by atoms with Crippen molar-refractivity contribution >= 4 is 17.7 Å². The molecular formula is C18H25NO3. The Labute approximate surface area is 132 Å². The van der Waals surface area contributed by atoms with E-state index in [1.807, 2.05) is 64.1 Å². The molecule has 4 heteroatoms. The number of fused-ring (bicyclic) bond motifs is 1. The lowest BCUT2D eigenvalue weighted by Crippen LogP contribution is -2.38. The SMILES string of the molecule is CC(C)COC(=O)C(OC1C=Cc2ccccc2N1)C(C)C. The number of hydrogen-bond acceptors (Lipinski definition) is 4. The lowest BCUT2D eigenvalue weighted by molar-refractivity contribution is -0.163. The summed E-state index contributed by atoms with van der Waals surface area (Å²) in [6.07, 6.45) is 3.03. The van der Waals surface area contributed by atoms with Crippen LogP contribution < -0.4 is 5.32 Å². The van der Waals surface area contributed by atoms with Gasteiger partial charge in [-0.05, 0) is 29.5 Å². The fraction of sp³-hybridized carbons (Fsp3) is 0.500. The number of para-hydroxylation sites is 1. The number of rotatable bonds is 6. The van der Waals surface area contributed by atoms with Crippen molar-refractivity contribution in [2.45, 2.75) is 40.0 Å². The van der Waals surface area contributed by atoms with E-state index in [-0.39, 0.29) is 18.1 Å². The molecule has 22 heavy (non-hydrogen) atoms. The monoisotopic (exact) mass is 303 g/mol. The lowest BCUT2D eigenvalue weighted by atomic mass is 10.1. The third-order valence-corrected chi connectivity index (χ3v) is 3.40. The Balaban J connectivity index is 1.99. The first-order valence-electron chi connectivity index (χ1n) is 7.83. The normalized spacial score (nSPS) is 18.0. The van der Waals surface area contributed by atoms with Crippen LogP contribution >= 0.6 is 0 Å². The number of carbonyl (C=O) groups is 1. The van der Waals surface area contributed by atoms with Crippen molar-refractivity contribution in [3.05, 3.63) is 35.9 Å². The molecule has 0 fully saturated rings. The Hall–Kier alpha value is -1.81. The maximum absolute atomic E-state index is 12.2. The summed E-state index contributed by atoms with van der Waals surface area (Å²) < 4.78 is 11.3. The van der Waals surface area contributed by atoms with Crippen molar-refractivity contribution in [1.29, 1.82) is 0 Å². The Kier molecular flexibility index (Phi) is 5.61. The van der Waals surface area contributed by atoms with Gasteiger partial charge in [0.15, 0.2) is 6.10 Å². The number of esters is 1. The average Bonchev–Trinajstić information content (AvgIpc) is 2.49. The number of nitrogens with one attached hydrogen (secondary N) is 1. The molecule has 1 aliphatic heterocycles. The molecule has 1 N–H and O–H groups in total. The van der Waals surface area contributed by atoms with Crippen LogP contribution in [0.25, 0.3) is 6.08 Å². The highest BCUT2D eigenvalue weighted by atomic mass is 16.6. The van der Waals surface area contributed by atoms with Gasteiger partial charge in [0.25, 0.3) is 0 Å². The van der Waals surface area contributed by atoms with Gasteiger partial charge < -0.3 is 14.8 Å². The highest BCUT2D eigenvalue weighted by molar-refractivity contribution is 5.75. The quantitative estimate of drug-likeness (QED) is 0.814. The van der Waals surface area contributed by atoms with Gasteiger partial charge >= 0.3 is 5.97 Å². The van der Waals surface area contributed by atoms with Gasteiger partial charge in [0.05, 0.1) is 6.61 Å². The molecule has 1 heterocycles. The van der Waals surface area contributed by atoms with E-state index in [1.54, 1.807) is 0 Å². The van der Waals surface area contributed by atoms with Crippen molar-refractivity contribution < 1.29 is 14.3 Å². The molecule has 1 aliphatic rings. The van der Waals surface area contributed by atoms with E-state index in [1.165, 1.54) is 0 Å². The molecule has 0 aliphatic carbocycles. The standard InChI is InChI=1S/C18H25NO3/c1-12(2)11-21-18(20)17(13(3)4)22-16-10-9-14-7-5-6-8-15(14)19-16/h5-10,12-13,16-17,19H,11H2,1-4H3. The molecule has 0 saturated carbocycles. The van der Waals surface area contributed by atoms with Gasteiger partial charge in [-0.15, -0.1) is 0 Å². The second-order valence-electron chi connectivity index (χ2n) is 6.34. The molecule has 0 bridgehead atoms. The van der Waals surface area contributed by atoms with Gasteiger partial charge in [-0.1, -0.05) is 52.0 Å². The van der Waals surface area contributed by atoms with E-state index < -0.39 is 6.10 Å². The van der Waals surface area contributed by atoms with E-state index in [0.717, 1.165) is 11.3 Å². The van der Waals surface area contributed by atoms with E-state index in [4.69, 9.17) is 9.47 Å². The van der Waals surface area contributed by atoms with Crippen LogP contribution in [0.15, 0.2) is 30.3 Å². The summed E-state index contributed by atoms with van der Waals surface area (Å²) in [6, 6.07) is 7.99. The van der Waals surface area contributed by atoms with Crippen LogP contribution in [-0.4, -0.2) is 24.9 Å². The summed E-state index contributed by atoms with van der Waals surface area (Å²) in [5.74, 6) is 0.0705. The molecule has 0 spiro atoms. The maximum atomic E-state index is 12.2. The molecule has 0 saturated heterocycles. The van der Waals surface area contributed by atoms with Crippen LogP contribution in [-0.2, 0) is 14.3 Å². The number of anilines is 1. The molecule has 4 nitrogen and oxygen atoms in total. The predicted octanol–water partition coefficient (Wildman–Crippen LogP) is 3.69. The van der Waals surface area contributed by atoms with Crippen molar-refractivity contribution in [1.82, 2.24) is 0 Å². The number of carbonyl (C=O) groups excluding carboxylic acids is 1. The van der Waals surface area contributed by atoms with Crippen molar-refractivity contribution in [3.63, 3.8) is 0 Å². The molecule has 0 radical (unpaired) electrons. The van der Waals surface area contributed by atoms with Crippen LogP contribution in [0.3, 0.4) is 0 Å². The topological polar surface area (TPSA) is 47.6 Å². The number of ether oxygens (including phenoxy) is 2. The second kappa shape index (κ2) is 7.45. The van der Waals surface area contributed by atoms with Crippen LogP contribution in [0.2, 0.25) is 0 Å². The van der Waals surface area contributed by atoms with Crippen molar-refractivity contribution in [3.8, 4) is 0 Å². The maximum Gasteiger partial charge on any atom is 0.335 e. The van der Waals surface area contributed by atoms with Crippen molar-refractivity contribution in [2.24, 2.45) is 11.8 Å². The first-order valence-corrected chi connectivity index (χ1v) is 7.83. The molecule has 2 unspecified atom stereocenters. The summed E-state index contributed by atoms with van der Waals surface area (Å²) in [4.78, 5) is 12.2. The Morgan fingerprint density at radius 1 is 1.23 bits per heavy atom. The summed E-state index contributed by atoms with van der Waals surface area (Å²) in [6.45, 7) is 8.37. The smallest absolute Gasteiger partial charge is 0.335 e. The van der Waals surface area contributed by atoms with E-state index in [0.29, 0.717) is 12.5 Å². The first kappa shape index (κ1) is 16.6. The van der Waals surface area contributed by atoms with Gasteiger partial charge in [-0.25, -0.2) is 4.79 Å². The fourth-order valence-corrected chi connectivity index (χ4v) is 2.22. The summed E-state index contributed by atoms with van der Waals surface area (Å²) in [5.41, 5.74) is 2.12. The van der Waals surface area contributed by atoms with Crippen LogP contribution in [0.4, 0.5) is 5.69 Å². The third-order valence-electron chi connectivity index (χ3n) is 3.40. The average molecular weight is 303 g/mol. The number of hydrogen-bond donors (Lipinski definition) is 1. The van der Waals surface area contributed by atoms with Gasteiger partial charge in [-0.2, -0.15) is 0 Å². The first-order chi connectivity index (χ1) is 10.5. The Bertz CT molecular complexity index is 537. The molecular weight excluding hydrogens is 278 g/mol.